The molecule has 1 aromatic heterocycles. The minimum atomic E-state index is 0.270. The van der Waals surface area contributed by atoms with Crippen molar-refractivity contribution in [3.8, 4) is 0 Å². The van der Waals surface area contributed by atoms with Crippen LogP contribution < -0.4 is 5.73 Å². The molecule has 1 aliphatic rings. The average Bonchev–Trinajstić information content (AvgIpc) is 3.13. The van der Waals surface area contributed by atoms with E-state index in [9.17, 15) is 4.79 Å². The number of benzene rings is 1. The Balaban J connectivity index is 1.48. The van der Waals surface area contributed by atoms with E-state index in [2.05, 4.69) is 11.1 Å². The predicted molar refractivity (Wildman–Crippen MR) is 86.3 cm³/mol. The molecule has 2 heterocycles. The number of hydrogen-bond acceptors (Lipinski definition) is 4. The van der Waals surface area contributed by atoms with Crippen molar-refractivity contribution in [2.75, 3.05) is 19.6 Å². The molecule has 2 N–H and O–H groups in total. The molecule has 21 heavy (non-hydrogen) atoms. The molecule has 3 rings (SSSR count). The van der Waals surface area contributed by atoms with Gasteiger partial charge in [-0.15, -0.1) is 11.3 Å². The summed E-state index contributed by atoms with van der Waals surface area (Å²) in [5.41, 5.74) is 6.73. The zero-order valence-electron chi connectivity index (χ0n) is 12.1. The molecule has 1 atom stereocenters. The summed E-state index contributed by atoms with van der Waals surface area (Å²) in [6, 6.07) is 8.18. The van der Waals surface area contributed by atoms with Gasteiger partial charge in [-0.2, -0.15) is 0 Å². The number of thiazole rings is 1. The fourth-order valence-electron chi connectivity index (χ4n) is 2.83. The molecule has 112 valence electrons. The maximum Gasteiger partial charge on any atom is 0.222 e. The maximum atomic E-state index is 12.1. The van der Waals surface area contributed by atoms with Crippen LogP contribution in [0.25, 0.3) is 10.2 Å². The molecule has 5 heteroatoms. The highest BCUT2D eigenvalue weighted by Crippen LogP contribution is 2.23. The van der Waals surface area contributed by atoms with Crippen LogP contribution in [0.15, 0.2) is 24.3 Å². The van der Waals surface area contributed by atoms with E-state index in [4.69, 9.17) is 5.73 Å². The van der Waals surface area contributed by atoms with Gasteiger partial charge in [0.25, 0.3) is 0 Å². The fourth-order valence-corrected chi connectivity index (χ4v) is 3.84. The SMILES string of the molecule is NCC1CCN(C(=O)CCCc2nc3ccccc3s2)C1. The lowest BCUT2D eigenvalue weighted by Crippen LogP contribution is -2.29. The Kier molecular flexibility index (Phi) is 4.51. The second kappa shape index (κ2) is 6.54. The number of nitrogens with zero attached hydrogens (tertiary/aromatic N) is 2. The van der Waals surface area contributed by atoms with Crippen molar-refractivity contribution < 1.29 is 4.79 Å². The van der Waals surface area contributed by atoms with Gasteiger partial charge in [-0.3, -0.25) is 4.79 Å². The van der Waals surface area contributed by atoms with Gasteiger partial charge in [-0.1, -0.05) is 12.1 Å². The topological polar surface area (TPSA) is 59.2 Å². The maximum absolute atomic E-state index is 12.1. The number of hydrogen-bond donors (Lipinski definition) is 1. The van der Waals surface area contributed by atoms with Crippen molar-refractivity contribution >= 4 is 27.5 Å². The van der Waals surface area contributed by atoms with Crippen molar-refractivity contribution in [3.63, 3.8) is 0 Å². The van der Waals surface area contributed by atoms with E-state index >= 15 is 0 Å². The number of carbonyl (C=O) groups is 1. The predicted octanol–water partition coefficient (Wildman–Crippen LogP) is 2.43. The van der Waals surface area contributed by atoms with Crippen LogP contribution in [-0.4, -0.2) is 35.4 Å². The lowest BCUT2D eigenvalue weighted by atomic mass is 10.1. The van der Waals surface area contributed by atoms with Crippen LogP contribution >= 0.6 is 11.3 Å². The highest BCUT2D eigenvalue weighted by atomic mass is 32.1. The Bertz CT molecular complexity index is 592. The van der Waals surface area contributed by atoms with E-state index < -0.39 is 0 Å². The van der Waals surface area contributed by atoms with E-state index in [1.54, 1.807) is 11.3 Å². The molecule has 4 nitrogen and oxygen atoms in total. The molecule has 1 unspecified atom stereocenters. The number of aromatic nitrogens is 1. The molecule has 1 saturated heterocycles. The van der Waals surface area contributed by atoms with Gasteiger partial charge in [0.15, 0.2) is 0 Å². The minimum absolute atomic E-state index is 0.270. The third kappa shape index (κ3) is 3.41. The molecular weight excluding hydrogens is 282 g/mol. The summed E-state index contributed by atoms with van der Waals surface area (Å²) in [6.07, 6.45) is 3.44. The van der Waals surface area contributed by atoms with Gasteiger partial charge in [0, 0.05) is 19.5 Å². The van der Waals surface area contributed by atoms with E-state index in [-0.39, 0.29) is 5.91 Å². The number of rotatable bonds is 5. The Morgan fingerprint density at radius 2 is 2.29 bits per heavy atom. The minimum Gasteiger partial charge on any atom is -0.342 e. The Labute approximate surface area is 129 Å². The Morgan fingerprint density at radius 1 is 1.43 bits per heavy atom. The number of nitrogens with two attached hydrogens (primary N) is 1. The van der Waals surface area contributed by atoms with Gasteiger partial charge < -0.3 is 10.6 Å². The molecular formula is C16H21N3OS. The lowest BCUT2D eigenvalue weighted by Gasteiger charge is -2.15. The third-order valence-electron chi connectivity index (χ3n) is 4.09. The summed E-state index contributed by atoms with van der Waals surface area (Å²) < 4.78 is 1.23. The number of para-hydroxylation sites is 1. The van der Waals surface area contributed by atoms with Crippen LogP contribution in [-0.2, 0) is 11.2 Å². The van der Waals surface area contributed by atoms with Crippen molar-refractivity contribution in [2.45, 2.75) is 25.7 Å². The van der Waals surface area contributed by atoms with Gasteiger partial charge in [-0.25, -0.2) is 4.98 Å². The fraction of sp³-hybridized carbons (Fsp3) is 0.500. The number of carbonyl (C=O) groups excluding carboxylic acids is 1. The number of aryl methyl sites for hydroxylation is 1. The third-order valence-corrected chi connectivity index (χ3v) is 5.19. The Hall–Kier alpha value is -1.46. The van der Waals surface area contributed by atoms with Gasteiger partial charge in [0.1, 0.15) is 0 Å². The highest BCUT2D eigenvalue weighted by molar-refractivity contribution is 7.18. The number of fused-ring (bicyclic) bond motifs is 1. The second-order valence-electron chi connectivity index (χ2n) is 5.66. The van der Waals surface area contributed by atoms with E-state index in [1.165, 1.54) is 4.70 Å². The van der Waals surface area contributed by atoms with Crippen LogP contribution in [0.1, 0.15) is 24.3 Å². The summed E-state index contributed by atoms with van der Waals surface area (Å²) in [5.74, 6) is 0.769. The summed E-state index contributed by atoms with van der Waals surface area (Å²) >= 11 is 1.73. The van der Waals surface area contributed by atoms with Gasteiger partial charge >= 0.3 is 0 Å². The van der Waals surface area contributed by atoms with E-state index in [0.29, 0.717) is 18.9 Å². The molecule has 0 radical (unpaired) electrons. The number of amides is 1. The molecule has 0 spiro atoms. The molecule has 1 aromatic carbocycles. The first kappa shape index (κ1) is 14.5. The van der Waals surface area contributed by atoms with Crippen molar-refractivity contribution in [2.24, 2.45) is 11.7 Å². The second-order valence-corrected chi connectivity index (χ2v) is 6.77. The largest absolute Gasteiger partial charge is 0.342 e. The molecule has 1 aliphatic heterocycles. The molecule has 2 aromatic rings. The van der Waals surface area contributed by atoms with Crippen LogP contribution in [0.4, 0.5) is 0 Å². The van der Waals surface area contributed by atoms with Crippen LogP contribution in [0.3, 0.4) is 0 Å². The van der Waals surface area contributed by atoms with Gasteiger partial charge in [0.2, 0.25) is 5.91 Å². The zero-order valence-corrected chi connectivity index (χ0v) is 12.9. The summed E-state index contributed by atoms with van der Waals surface area (Å²) in [6.45, 7) is 2.41. The molecule has 0 aliphatic carbocycles. The molecule has 0 bridgehead atoms. The van der Waals surface area contributed by atoms with Crippen LogP contribution in [0.5, 0.6) is 0 Å². The standard InChI is InChI=1S/C16H21N3OS/c17-10-12-8-9-19(11-12)16(20)7-3-6-15-18-13-4-1-2-5-14(13)21-15/h1-2,4-5,12H,3,6-11,17H2. The zero-order chi connectivity index (χ0) is 14.7. The van der Waals surface area contributed by atoms with E-state index in [1.807, 2.05) is 23.1 Å². The van der Waals surface area contributed by atoms with Crippen molar-refractivity contribution in [3.05, 3.63) is 29.3 Å². The Morgan fingerprint density at radius 3 is 3.05 bits per heavy atom. The van der Waals surface area contributed by atoms with Gasteiger partial charge in [-0.05, 0) is 43.9 Å². The summed E-state index contributed by atoms with van der Waals surface area (Å²) in [4.78, 5) is 18.7. The normalized spacial score (nSPS) is 18.5. The molecule has 0 saturated carbocycles. The average molecular weight is 303 g/mol. The first-order valence-electron chi connectivity index (χ1n) is 7.58. The first-order chi connectivity index (χ1) is 10.3. The summed E-state index contributed by atoms with van der Waals surface area (Å²) in [7, 11) is 0. The van der Waals surface area contributed by atoms with Gasteiger partial charge in [0.05, 0.1) is 15.2 Å². The van der Waals surface area contributed by atoms with Crippen molar-refractivity contribution in [1.29, 1.82) is 0 Å². The smallest absolute Gasteiger partial charge is 0.222 e. The number of likely N-dealkylation sites (tertiary alicyclic amines) is 1. The van der Waals surface area contributed by atoms with Crippen LogP contribution in [0, 0.1) is 5.92 Å². The first-order valence-corrected chi connectivity index (χ1v) is 8.40. The van der Waals surface area contributed by atoms with Crippen molar-refractivity contribution in [1.82, 2.24) is 9.88 Å². The van der Waals surface area contributed by atoms with Crippen LogP contribution in [0.2, 0.25) is 0 Å². The lowest BCUT2D eigenvalue weighted by molar-refractivity contribution is -0.130. The quantitative estimate of drug-likeness (QED) is 0.923. The molecule has 1 amide bonds. The van der Waals surface area contributed by atoms with E-state index in [0.717, 1.165) is 42.9 Å². The summed E-state index contributed by atoms with van der Waals surface area (Å²) in [5, 5.41) is 1.13. The highest BCUT2D eigenvalue weighted by Gasteiger charge is 2.24. The monoisotopic (exact) mass is 303 g/mol. The molecule has 1 fully saturated rings.